The van der Waals surface area contributed by atoms with Crippen LogP contribution in [0.15, 0.2) is 0 Å². The average molecular weight is 292 g/mol. The SMILES string of the molecule is C[C@]12CC[C@@H](O)C[C@@H]1CC[C@H]1[C@H]3CC[C@H]([NH3+])[C@]3(C)CC[C@@H]12. The molecule has 0 aliphatic heterocycles. The molecule has 2 nitrogen and oxygen atoms in total. The van der Waals surface area contributed by atoms with Crippen molar-refractivity contribution in [3.63, 3.8) is 0 Å². The highest BCUT2D eigenvalue weighted by Crippen LogP contribution is 2.65. The summed E-state index contributed by atoms with van der Waals surface area (Å²) in [7, 11) is 0. The van der Waals surface area contributed by atoms with E-state index in [0.717, 1.165) is 36.5 Å². The molecule has 4 fully saturated rings. The van der Waals surface area contributed by atoms with E-state index in [0.29, 0.717) is 16.9 Å². The average Bonchev–Trinajstić information content (AvgIpc) is 2.76. The van der Waals surface area contributed by atoms with Gasteiger partial charge < -0.3 is 10.8 Å². The van der Waals surface area contributed by atoms with Crippen LogP contribution >= 0.6 is 0 Å². The number of hydrogen-bond acceptors (Lipinski definition) is 1. The molecule has 0 spiro atoms. The molecule has 120 valence electrons. The van der Waals surface area contributed by atoms with Crippen LogP contribution in [0.4, 0.5) is 0 Å². The second-order valence-electron chi connectivity index (χ2n) is 9.40. The zero-order valence-corrected chi connectivity index (χ0v) is 14.0. The van der Waals surface area contributed by atoms with Gasteiger partial charge in [-0.2, -0.15) is 0 Å². The Morgan fingerprint density at radius 3 is 2.38 bits per heavy atom. The van der Waals surface area contributed by atoms with Crippen molar-refractivity contribution in [3.05, 3.63) is 0 Å². The maximum atomic E-state index is 10.1. The summed E-state index contributed by atoms with van der Waals surface area (Å²) in [5.41, 5.74) is 5.58. The Labute approximate surface area is 129 Å². The molecule has 0 amide bonds. The Balaban J connectivity index is 1.62. The maximum absolute atomic E-state index is 10.1. The molecule has 0 saturated heterocycles. The fourth-order valence-corrected chi connectivity index (χ4v) is 7.34. The molecule has 0 radical (unpaired) electrons. The van der Waals surface area contributed by atoms with Gasteiger partial charge in [0.2, 0.25) is 0 Å². The monoisotopic (exact) mass is 292 g/mol. The molecular formula is C19H34NO+. The van der Waals surface area contributed by atoms with Gasteiger partial charge >= 0.3 is 0 Å². The smallest absolute Gasteiger partial charge is 0.0900 e. The third-order valence-corrected chi connectivity index (χ3v) is 8.83. The normalized spacial score (nSPS) is 60.0. The van der Waals surface area contributed by atoms with Gasteiger partial charge in [-0.05, 0) is 80.5 Å². The maximum Gasteiger partial charge on any atom is 0.0900 e. The fraction of sp³-hybridized carbons (Fsp3) is 1.00. The topological polar surface area (TPSA) is 47.9 Å². The first-order valence-electron chi connectivity index (χ1n) is 9.46. The number of rotatable bonds is 0. The summed E-state index contributed by atoms with van der Waals surface area (Å²) in [6, 6.07) is 0.696. The van der Waals surface area contributed by atoms with E-state index < -0.39 is 0 Å². The van der Waals surface area contributed by atoms with Gasteiger partial charge in [-0.25, -0.2) is 0 Å². The number of quaternary nitrogens is 1. The minimum Gasteiger partial charge on any atom is -0.393 e. The molecule has 21 heavy (non-hydrogen) atoms. The van der Waals surface area contributed by atoms with E-state index in [1.54, 1.807) is 0 Å². The molecule has 4 N–H and O–H groups in total. The third kappa shape index (κ3) is 1.91. The van der Waals surface area contributed by atoms with E-state index in [4.69, 9.17) is 0 Å². The van der Waals surface area contributed by atoms with Gasteiger partial charge in [0.25, 0.3) is 0 Å². The molecule has 0 aromatic rings. The standard InChI is InChI=1S/C19H33NO/c1-18-9-7-13(21)11-12(18)3-4-14-15-5-6-17(20)19(15,2)10-8-16(14)18/h12-17,21H,3-11,20H2,1-2H3/p+1/t12-,13+,14-,15+,16-,17-,18-,19+/m0/s1. The first-order valence-corrected chi connectivity index (χ1v) is 9.46. The van der Waals surface area contributed by atoms with Crippen LogP contribution in [0.1, 0.15) is 71.6 Å². The molecule has 8 atom stereocenters. The Morgan fingerprint density at radius 2 is 1.57 bits per heavy atom. The summed E-state index contributed by atoms with van der Waals surface area (Å²) >= 11 is 0. The van der Waals surface area contributed by atoms with Gasteiger partial charge in [0.1, 0.15) is 0 Å². The summed E-state index contributed by atoms with van der Waals surface area (Å²) in [5.74, 6) is 3.64. The Bertz CT molecular complexity index is 424. The quantitative estimate of drug-likeness (QED) is 0.708. The number of hydrogen-bond donors (Lipinski definition) is 2. The minimum atomic E-state index is -0.0100. The summed E-state index contributed by atoms with van der Waals surface area (Å²) in [6.07, 6.45) is 11.9. The lowest BCUT2D eigenvalue weighted by Gasteiger charge is -2.60. The molecule has 0 aromatic heterocycles. The lowest BCUT2D eigenvalue weighted by molar-refractivity contribution is -0.445. The summed E-state index contributed by atoms with van der Waals surface area (Å²) in [5, 5.41) is 10.1. The van der Waals surface area contributed by atoms with E-state index in [1.165, 1.54) is 44.9 Å². The molecule has 4 rings (SSSR count). The van der Waals surface area contributed by atoms with Crippen LogP contribution in [-0.2, 0) is 0 Å². The van der Waals surface area contributed by atoms with Gasteiger partial charge in [-0.3, -0.25) is 0 Å². The highest BCUT2D eigenvalue weighted by molar-refractivity contribution is 5.09. The Hall–Kier alpha value is -0.0800. The van der Waals surface area contributed by atoms with Crippen molar-refractivity contribution in [1.29, 1.82) is 0 Å². The van der Waals surface area contributed by atoms with Crippen LogP contribution < -0.4 is 5.73 Å². The van der Waals surface area contributed by atoms with E-state index >= 15 is 0 Å². The van der Waals surface area contributed by atoms with Crippen molar-refractivity contribution in [2.45, 2.75) is 83.8 Å². The highest BCUT2D eigenvalue weighted by atomic mass is 16.3. The zero-order valence-electron chi connectivity index (χ0n) is 14.0. The van der Waals surface area contributed by atoms with Crippen molar-refractivity contribution < 1.29 is 10.8 Å². The van der Waals surface area contributed by atoms with E-state index in [1.807, 2.05) is 0 Å². The molecule has 0 aromatic carbocycles. The lowest BCUT2D eigenvalue weighted by Crippen LogP contribution is -2.68. The summed E-state index contributed by atoms with van der Waals surface area (Å²) in [6.45, 7) is 5.14. The number of fused-ring (bicyclic) bond motifs is 5. The summed E-state index contributed by atoms with van der Waals surface area (Å²) in [4.78, 5) is 0. The Kier molecular flexibility index (Phi) is 3.25. The van der Waals surface area contributed by atoms with Crippen molar-refractivity contribution in [3.8, 4) is 0 Å². The van der Waals surface area contributed by atoms with Crippen LogP contribution in [0.2, 0.25) is 0 Å². The van der Waals surface area contributed by atoms with Crippen LogP contribution in [0.3, 0.4) is 0 Å². The van der Waals surface area contributed by atoms with Gasteiger partial charge in [-0.15, -0.1) is 0 Å². The van der Waals surface area contributed by atoms with E-state index in [2.05, 4.69) is 19.6 Å². The van der Waals surface area contributed by atoms with Crippen LogP contribution in [0, 0.1) is 34.5 Å². The van der Waals surface area contributed by atoms with Crippen molar-refractivity contribution in [2.24, 2.45) is 34.5 Å². The van der Waals surface area contributed by atoms with Crippen LogP contribution in [-0.4, -0.2) is 17.3 Å². The van der Waals surface area contributed by atoms with E-state index in [-0.39, 0.29) is 6.10 Å². The molecule has 4 aliphatic rings. The molecule has 4 aliphatic carbocycles. The molecule has 0 heterocycles. The lowest BCUT2D eigenvalue weighted by atomic mass is 9.45. The van der Waals surface area contributed by atoms with Gasteiger partial charge in [0.05, 0.1) is 12.1 Å². The first kappa shape index (κ1) is 14.5. The second kappa shape index (κ2) is 4.71. The van der Waals surface area contributed by atoms with Gasteiger partial charge in [-0.1, -0.05) is 13.8 Å². The molecule has 0 bridgehead atoms. The van der Waals surface area contributed by atoms with E-state index in [9.17, 15) is 5.11 Å². The highest BCUT2D eigenvalue weighted by Gasteiger charge is 2.60. The van der Waals surface area contributed by atoms with Gasteiger partial charge in [0, 0.05) is 11.8 Å². The molecular weight excluding hydrogens is 258 g/mol. The predicted octanol–water partition coefficient (Wildman–Crippen LogP) is 3.00. The van der Waals surface area contributed by atoms with Crippen molar-refractivity contribution >= 4 is 0 Å². The van der Waals surface area contributed by atoms with Crippen LogP contribution in [0.5, 0.6) is 0 Å². The van der Waals surface area contributed by atoms with Crippen molar-refractivity contribution in [2.75, 3.05) is 0 Å². The molecule has 4 saturated carbocycles. The fourth-order valence-electron chi connectivity index (χ4n) is 7.34. The summed E-state index contributed by atoms with van der Waals surface area (Å²) < 4.78 is 0. The van der Waals surface area contributed by atoms with Gasteiger partial charge in [0.15, 0.2) is 0 Å². The Morgan fingerprint density at radius 1 is 0.857 bits per heavy atom. The largest absolute Gasteiger partial charge is 0.393 e. The molecule has 0 unspecified atom stereocenters. The predicted molar refractivity (Wildman–Crippen MR) is 84.4 cm³/mol. The second-order valence-corrected chi connectivity index (χ2v) is 9.40. The number of aliphatic hydroxyl groups excluding tert-OH is 1. The first-order chi connectivity index (χ1) is 9.95. The molecule has 2 heteroatoms. The third-order valence-electron chi connectivity index (χ3n) is 8.83. The minimum absolute atomic E-state index is 0.0100. The van der Waals surface area contributed by atoms with Crippen LogP contribution in [0.25, 0.3) is 0 Å². The number of aliphatic hydroxyl groups is 1. The zero-order chi connectivity index (χ0) is 14.8. The van der Waals surface area contributed by atoms with Crippen molar-refractivity contribution in [1.82, 2.24) is 0 Å².